The van der Waals surface area contributed by atoms with E-state index in [4.69, 9.17) is 4.74 Å². The fourth-order valence-corrected chi connectivity index (χ4v) is 2.40. The van der Waals surface area contributed by atoms with Gasteiger partial charge in [-0.2, -0.15) is 0 Å². The highest BCUT2D eigenvalue weighted by molar-refractivity contribution is 4.99. The van der Waals surface area contributed by atoms with Crippen LogP contribution in [0.4, 0.5) is 0 Å². The Morgan fingerprint density at radius 1 is 1.50 bits per heavy atom. The van der Waals surface area contributed by atoms with Crippen molar-refractivity contribution in [3.8, 4) is 0 Å². The molecule has 0 bridgehead atoms. The van der Waals surface area contributed by atoms with Crippen LogP contribution in [-0.2, 0) is 4.74 Å². The molecule has 1 saturated heterocycles. The molecule has 1 aliphatic carbocycles. The number of morpholine rings is 1. The van der Waals surface area contributed by atoms with Crippen molar-refractivity contribution in [3.05, 3.63) is 12.3 Å². The van der Waals surface area contributed by atoms with Crippen LogP contribution in [0.15, 0.2) is 12.3 Å². The minimum Gasteiger partial charge on any atom is -0.374 e. The lowest BCUT2D eigenvalue weighted by molar-refractivity contribution is -0.0418. The maximum Gasteiger partial charge on any atom is 0.0778 e. The number of ether oxygens (including phenoxy) is 1. The van der Waals surface area contributed by atoms with Crippen LogP contribution in [0.25, 0.3) is 0 Å². The zero-order chi connectivity index (χ0) is 8.55. The van der Waals surface area contributed by atoms with Crippen LogP contribution >= 0.6 is 0 Å². The highest BCUT2D eigenvalue weighted by atomic mass is 16.5. The number of hydrogen-bond acceptors (Lipinski definition) is 2. The van der Waals surface area contributed by atoms with Crippen LogP contribution in [0.3, 0.4) is 0 Å². The smallest absolute Gasteiger partial charge is 0.0778 e. The molecule has 2 atom stereocenters. The molecule has 0 radical (unpaired) electrons. The Hall–Kier alpha value is -0.500. The number of rotatable bonds is 1. The Morgan fingerprint density at radius 2 is 2.33 bits per heavy atom. The van der Waals surface area contributed by atoms with E-state index in [2.05, 4.69) is 18.4 Å². The van der Waals surface area contributed by atoms with Gasteiger partial charge in [-0.05, 0) is 26.2 Å². The summed E-state index contributed by atoms with van der Waals surface area (Å²) in [5, 5.41) is 0. The molecule has 0 amide bonds. The molecule has 2 heteroatoms. The quantitative estimate of drug-likeness (QED) is 0.590. The first-order valence-electron chi connectivity index (χ1n) is 4.83. The third-order valence-corrected chi connectivity index (χ3v) is 2.97. The zero-order valence-electron chi connectivity index (χ0n) is 7.75. The van der Waals surface area contributed by atoms with Crippen molar-refractivity contribution in [2.45, 2.75) is 38.3 Å². The molecular weight excluding hydrogens is 150 g/mol. The largest absolute Gasteiger partial charge is 0.374 e. The maximum atomic E-state index is 5.70. The van der Waals surface area contributed by atoms with Gasteiger partial charge in [0.2, 0.25) is 0 Å². The first-order valence-corrected chi connectivity index (χ1v) is 4.83. The first-order chi connectivity index (χ1) is 5.79. The molecule has 0 aromatic carbocycles. The molecule has 0 unspecified atom stereocenters. The summed E-state index contributed by atoms with van der Waals surface area (Å²) in [5.41, 5.74) is 1.20. The van der Waals surface area contributed by atoms with Gasteiger partial charge < -0.3 is 9.64 Å². The van der Waals surface area contributed by atoms with E-state index in [1.807, 2.05) is 0 Å². The summed E-state index contributed by atoms with van der Waals surface area (Å²) in [6.07, 6.45) is 4.35. The number of hydrogen-bond donors (Lipinski definition) is 0. The topological polar surface area (TPSA) is 12.5 Å². The minimum absolute atomic E-state index is 0.496. The second kappa shape index (κ2) is 3.09. The van der Waals surface area contributed by atoms with Crippen LogP contribution in [0.2, 0.25) is 0 Å². The van der Waals surface area contributed by atoms with Crippen LogP contribution in [0.5, 0.6) is 0 Å². The average molecular weight is 167 g/mol. The molecule has 68 valence electrons. The Morgan fingerprint density at radius 3 is 3.08 bits per heavy atom. The molecule has 0 aromatic rings. The number of allylic oxidation sites excluding steroid dienone is 1. The lowest BCUT2D eigenvalue weighted by Gasteiger charge is -2.39. The lowest BCUT2D eigenvalue weighted by Crippen LogP contribution is -2.47. The van der Waals surface area contributed by atoms with Crippen molar-refractivity contribution >= 4 is 0 Å². The van der Waals surface area contributed by atoms with Gasteiger partial charge >= 0.3 is 0 Å². The fourth-order valence-electron chi connectivity index (χ4n) is 2.40. The average Bonchev–Trinajstić information content (AvgIpc) is 2.49. The van der Waals surface area contributed by atoms with Gasteiger partial charge in [0.25, 0.3) is 0 Å². The molecule has 1 aliphatic heterocycles. The molecule has 2 aliphatic rings. The zero-order valence-corrected chi connectivity index (χ0v) is 7.75. The van der Waals surface area contributed by atoms with E-state index in [0.29, 0.717) is 12.1 Å². The summed E-state index contributed by atoms with van der Waals surface area (Å²) in [6.45, 7) is 8.03. The van der Waals surface area contributed by atoms with Crippen molar-refractivity contribution in [1.29, 1.82) is 0 Å². The van der Waals surface area contributed by atoms with Gasteiger partial charge in [0, 0.05) is 12.2 Å². The molecule has 2 fully saturated rings. The Balaban J connectivity index is 2.08. The lowest BCUT2D eigenvalue weighted by atomic mass is 10.1. The van der Waals surface area contributed by atoms with Gasteiger partial charge in [-0.15, -0.1) is 0 Å². The van der Waals surface area contributed by atoms with E-state index in [9.17, 15) is 0 Å². The van der Waals surface area contributed by atoms with Crippen LogP contribution < -0.4 is 0 Å². The van der Waals surface area contributed by atoms with Crippen LogP contribution in [0.1, 0.15) is 26.2 Å². The van der Waals surface area contributed by atoms with Crippen molar-refractivity contribution in [1.82, 2.24) is 4.90 Å². The molecule has 1 heterocycles. The number of nitrogens with zero attached hydrogens (tertiary/aromatic N) is 1. The summed E-state index contributed by atoms with van der Waals surface area (Å²) >= 11 is 0. The van der Waals surface area contributed by atoms with Gasteiger partial charge in [-0.1, -0.05) is 6.58 Å². The second-order valence-electron chi connectivity index (χ2n) is 3.84. The number of fused-ring (bicyclic) bond motifs is 1. The summed E-state index contributed by atoms with van der Waals surface area (Å²) in [7, 11) is 0. The minimum atomic E-state index is 0.496. The highest BCUT2D eigenvalue weighted by Crippen LogP contribution is 2.31. The van der Waals surface area contributed by atoms with Gasteiger partial charge in [0.05, 0.1) is 18.8 Å². The molecule has 1 saturated carbocycles. The van der Waals surface area contributed by atoms with Crippen molar-refractivity contribution in [3.63, 3.8) is 0 Å². The molecule has 2 nitrogen and oxygen atoms in total. The summed E-state index contributed by atoms with van der Waals surface area (Å²) in [6, 6.07) is 0.635. The first kappa shape index (κ1) is 8.11. The van der Waals surface area contributed by atoms with E-state index in [1.165, 1.54) is 25.0 Å². The van der Waals surface area contributed by atoms with Gasteiger partial charge in [0.1, 0.15) is 0 Å². The predicted molar refractivity (Wildman–Crippen MR) is 48.9 cm³/mol. The highest BCUT2D eigenvalue weighted by Gasteiger charge is 2.35. The van der Waals surface area contributed by atoms with Gasteiger partial charge in [0.15, 0.2) is 0 Å². The Kier molecular flexibility index (Phi) is 2.09. The SMILES string of the molecule is C=C(C)N1CCO[C@H]2CCC[C@@H]21. The molecular formula is C10H17NO. The van der Waals surface area contributed by atoms with E-state index < -0.39 is 0 Å². The van der Waals surface area contributed by atoms with E-state index in [1.54, 1.807) is 0 Å². The van der Waals surface area contributed by atoms with Crippen LogP contribution in [0, 0.1) is 0 Å². The van der Waals surface area contributed by atoms with Crippen LogP contribution in [-0.4, -0.2) is 30.2 Å². The standard InChI is InChI=1S/C10H17NO/c1-8(2)11-6-7-12-10-5-3-4-9(10)11/h9-10H,1,3-7H2,2H3/t9-,10-/m0/s1. The predicted octanol–water partition coefficient (Wildman–Crippen LogP) is 1.77. The monoisotopic (exact) mass is 167 g/mol. The van der Waals surface area contributed by atoms with Gasteiger partial charge in [-0.3, -0.25) is 0 Å². The Bertz CT molecular complexity index is 190. The summed E-state index contributed by atoms with van der Waals surface area (Å²) < 4.78 is 5.70. The Labute approximate surface area is 74.2 Å². The molecule has 12 heavy (non-hydrogen) atoms. The maximum absolute atomic E-state index is 5.70. The molecule has 2 rings (SSSR count). The fraction of sp³-hybridized carbons (Fsp3) is 0.800. The van der Waals surface area contributed by atoms with Crippen molar-refractivity contribution in [2.24, 2.45) is 0 Å². The molecule has 0 spiro atoms. The summed E-state index contributed by atoms with van der Waals surface area (Å²) in [4.78, 5) is 2.42. The third-order valence-electron chi connectivity index (χ3n) is 2.97. The van der Waals surface area contributed by atoms with Crippen molar-refractivity contribution in [2.75, 3.05) is 13.2 Å². The molecule has 0 N–H and O–H groups in total. The van der Waals surface area contributed by atoms with E-state index in [-0.39, 0.29) is 0 Å². The van der Waals surface area contributed by atoms with Gasteiger partial charge in [-0.25, -0.2) is 0 Å². The molecule has 0 aromatic heterocycles. The van der Waals surface area contributed by atoms with E-state index >= 15 is 0 Å². The van der Waals surface area contributed by atoms with E-state index in [0.717, 1.165) is 13.2 Å². The van der Waals surface area contributed by atoms with Crippen molar-refractivity contribution < 1.29 is 4.74 Å². The second-order valence-corrected chi connectivity index (χ2v) is 3.84. The third kappa shape index (κ3) is 1.24. The summed E-state index contributed by atoms with van der Waals surface area (Å²) in [5.74, 6) is 0. The normalized spacial score (nSPS) is 34.9.